The van der Waals surface area contributed by atoms with Crippen molar-refractivity contribution in [1.29, 1.82) is 0 Å². The second-order valence-electron chi connectivity index (χ2n) is 3.20. The Morgan fingerprint density at radius 2 is 2.07 bits per heavy atom. The van der Waals surface area contributed by atoms with E-state index in [1.165, 1.54) is 5.56 Å². The fraction of sp³-hybridized carbons (Fsp3) is 0.300. The minimum atomic E-state index is 0.228. The van der Waals surface area contributed by atoms with Gasteiger partial charge in [0, 0.05) is 8.95 Å². The van der Waals surface area contributed by atoms with Crippen LogP contribution in [-0.4, -0.2) is 11.7 Å². The zero-order chi connectivity index (χ0) is 11.6. The van der Waals surface area contributed by atoms with E-state index < -0.39 is 0 Å². The average molecular weight is 354 g/mol. The van der Waals surface area contributed by atoms with Crippen molar-refractivity contribution in [2.45, 2.75) is 13.8 Å². The van der Waals surface area contributed by atoms with Gasteiger partial charge in [0.2, 0.25) is 0 Å². The van der Waals surface area contributed by atoms with E-state index in [2.05, 4.69) is 36.9 Å². The first-order valence-corrected chi connectivity index (χ1v) is 6.43. The van der Waals surface area contributed by atoms with E-state index >= 15 is 0 Å². The van der Waals surface area contributed by atoms with Crippen molar-refractivity contribution in [3.63, 3.8) is 0 Å². The summed E-state index contributed by atoms with van der Waals surface area (Å²) in [5.41, 5.74) is 8.74. The summed E-state index contributed by atoms with van der Waals surface area (Å²) < 4.78 is 1.85. The molecule has 5 heteroatoms. The summed E-state index contributed by atoms with van der Waals surface area (Å²) in [6.07, 6.45) is 0. The Labute approximate surface area is 111 Å². The molecule has 0 aliphatic rings. The summed E-state index contributed by atoms with van der Waals surface area (Å²) in [5, 5.41) is 0. The molecule has 0 amide bonds. The normalized spacial score (nSPS) is 11.9. The van der Waals surface area contributed by atoms with Gasteiger partial charge in [-0.2, -0.15) is 0 Å². The average Bonchev–Trinajstić information content (AvgIpc) is 2.21. The number of rotatable bonds is 2. The fourth-order valence-corrected chi connectivity index (χ4v) is 2.67. The van der Waals surface area contributed by atoms with Gasteiger partial charge in [-0.05, 0) is 62.9 Å². The fourth-order valence-electron chi connectivity index (χ4n) is 1.10. The van der Waals surface area contributed by atoms with Crippen LogP contribution < -0.4 is 5.73 Å². The van der Waals surface area contributed by atoms with Crippen LogP contribution in [0.3, 0.4) is 0 Å². The Bertz CT molecular complexity index is 416. The Morgan fingerprint density at radius 3 is 2.60 bits per heavy atom. The summed E-state index contributed by atoms with van der Waals surface area (Å²) in [7, 11) is 0. The molecule has 0 aromatic heterocycles. The molecule has 0 aliphatic carbocycles. The summed E-state index contributed by atoms with van der Waals surface area (Å²) in [6, 6.07) is 2.01. The molecule has 0 radical (unpaired) electrons. The number of halogens is 3. The lowest BCUT2D eigenvalue weighted by molar-refractivity contribution is 1.28. The van der Waals surface area contributed by atoms with E-state index in [4.69, 9.17) is 17.3 Å². The van der Waals surface area contributed by atoms with Gasteiger partial charge in [-0.3, -0.25) is 0 Å². The molecule has 0 aliphatic heterocycles. The van der Waals surface area contributed by atoms with Gasteiger partial charge >= 0.3 is 0 Å². The van der Waals surface area contributed by atoms with Crippen molar-refractivity contribution in [3.05, 3.63) is 26.1 Å². The lowest BCUT2D eigenvalue weighted by atomic mass is 10.1. The van der Waals surface area contributed by atoms with Gasteiger partial charge < -0.3 is 5.73 Å². The van der Waals surface area contributed by atoms with Crippen molar-refractivity contribution in [2.24, 2.45) is 10.7 Å². The van der Waals surface area contributed by atoms with Crippen LogP contribution in [0.5, 0.6) is 0 Å². The highest BCUT2D eigenvalue weighted by atomic mass is 79.9. The Morgan fingerprint density at radius 1 is 1.47 bits per heavy atom. The number of nitrogens with two attached hydrogens (primary N) is 1. The molecular formula is C10H11Br2ClN2. The molecule has 0 bridgehead atoms. The van der Waals surface area contributed by atoms with Crippen LogP contribution in [0.4, 0.5) is 5.69 Å². The van der Waals surface area contributed by atoms with Gasteiger partial charge in [-0.1, -0.05) is 0 Å². The van der Waals surface area contributed by atoms with Gasteiger partial charge in [0.25, 0.3) is 0 Å². The maximum atomic E-state index is 5.61. The first kappa shape index (κ1) is 13.0. The minimum Gasteiger partial charge on any atom is -0.386 e. The van der Waals surface area contributed by atoms with Crippen LogP contribution in [0.15, 0.2) is 20.0 Å². The highest BCUT2D eigenvalue weighted by molar-refractivity contribution is 9.11. The van der Waals surface area contributed by atoms with Crippen LogP contribution in [0, 0.1) is 13.8 Å². The van der Waals surface area contributed by atoms with Gasteiger partial charge in [0.1, 0.15) is 5.84 Å². The molecule has 0 spiro atoms. The number of nitrogens with zero attached hydrogens (tertiary/aromatic N) is 1. The van der Waals surface area contributed by atoms with E-state index in [-0.39, 0.29) is 5.88 Å². The Balaban J connectivity index is 3.36. The number of alkyl halides is 1. The topological polar surface area (TPSA) is 38.4 Å². The molecule has 2 nitrogen and oxygen atoms in total. The van der Waals surface area contributed by atoms with E-state index in [0.717, 1.165) is 20.2 Å². The van der Waals surface area contributed by atoms with E-state index in [9.17, 15) is 0 Å². The molecule has 0 saturated carbocycles. The van der Waals surface area contributed by atoms with Crippen molar-refractivity contribution < 1.29 is 0 Å². The van der Waals surface area contributed by atoms with Gasteiger partial charge in [-0.15, -0.1) is 11.6 Å². The van der Waals surface area contributed by atoms with E-state index in [1.807, 2.05) is 19.9 Å². The largest absolute Gasteiger partial charge is 0.386 e. The maximum Gasteiger partial charge on any atom is 0.115 e. The second kappa shape index (κ2) is 5.32. The monoisotopic (exact) mass is 352 g/mol. The number of hydrogen-bond acceptors (Lipinski definition) is 1. The van der Waals surface area contributed by atoms with Crippen molar-refractivity contribution in [1.82, 2.24) is 0 Å². The van der Waals surface area contributed by atoms with Crippen LogP contribution in [0.1, 0.15) is 11.1 Å². The number of aryl methyl sites for hydroxylation is 1. The molecular weight excluding hydrogens is 343 g/mol. The number of benzene rings is 1. The first-order valence-electron chi connectivity index (χ1n) is 4.31. The van der Waals surface area contributed by atoms with E-state index in [1.54, 1.807) is 0 Å². The predicted octanol–water partition coefficient (Wildman–Crippen LogP) is 4.06. The molecule has 0 atom stereocenters. The third-order valence-corrected chi connectivity index (χ3v) is 3.94. The van der Waals surface area contributed by atoms with Crippen molar-refractivity contribution in [3.8, 4) is 0 Å². The van der Waals surface area contributed by atoms with Crippen LogP contribution in [0.2, 0.25) is 0 Å². The molecule has 15 heavy (non-hydrogen) atoms. The Kier molecular flexibility index (Phi) is 4.62. The summed E-state index contributed by atoms with van der Waals surface area (Å²) in [4.78, 5) is 4.25. The maximum absolute atomic E-state index is 5.61. The number of amidine groups is 1. The zero-order valence-electron chi connectivity index (χ0n) is 8.44. The second-order valence-corrected chi connectivity index (χ2v) is 5.11. The SMILES string of the molecule is Cc1cc(Br)c(N=C(N)CCl)c(Br)c1C. The summed E-state index contributed by atoms with van der Waals surface area (Å²) in [6.45, 7) is 4.07. The molecule has 0 fully saturated rings. The van der Waals surface area contributed by atoms with Crippen LogP contribution >= 0.6 is 43.5 Å². The highest BCUT2D eigenvalue weighted by Crippen LogP contribution is 2.37. The molecule has 1 aromatic rings. The standard InChI is InChI=1S/C10H11Br2ClN2/c1-5-3-7(11)10(9(12)6(5)2)15-8(14)4-13/h3H,4H2,1-2H3,(H2,14,15). The number of hydrogen-bond donors (Lipinski definition) is 1. The summed E-state index contributed by atoms with van der Waals surface area (Å²) in [5.74, 6) is 0.632. The zero-order valence-corrected chi connectivity index (χ0v) is 12.4. The van der Waals surface area contributed by atoms with Gasteiger partial charge in [-0.25, -0.2) is 4.99 Å². The molecule has 0 saturated heterocycles. The lowest BCUT2D eigenvalue weighted by Crippen LogP contribution is -2.12. The lowest BCUT2D eigenvalue weighted by Gasteiger charge is -2.09. The quantitative estimate of drug-likeness (QED) is 0.486. The van der Waals surface area contributed by atoms with Crippen LogP contribution in [-0.2, 0) is 0 Å². The number of aliphatic imine (C=N–C) groups is 1. The van der Waals surface area contributed by atoms with Crippen LogP contribution in [0.25, 0.3) is 0 Å². The Hall–Kier alpha value is -0.0600. The summed E-state index contributed by atoms with van der Waals surface area (Å²) >= 11 is 12.5. The first-order chi connectivity index (χ1) is 6.97. The van der Waals surface area contributed by atoms with Gasteiger partial charge in [0.15, 0.2) is 0 Å². The molecule has 0 heterocycles. The third kappa shape index (κ3) is 2.95. The molecule has 0 unspecified atom stereocenters. The predicted molar refractivity (Wildman–Crippen MR) is 73.3 cm³/mol. The highest BCUT2D eigenvalue weighted by Gasteiger charge is 2.09. The molecule has 82 valence electrons. The van der Waals surface area contributed by atoms with Gasteiger partial charge in [0.05, 0.1) is 11.6 Å². The van der Waals surface area contributed by atoms with E-state index in [0.29, 0.717) is 5.84 Å². The minimum absolute atomic E-state index is 0.228. The third-order valence-electron chi connectivity index (χ3n) is 2.09. The smallest absolute Gasteiger partial charge is 0.115 e. The molecule has 1 rings (SSSR count). The van der Waals surface area contributed by atoms with Crippen molar-refractivity contribution >= 4 is 55.0 Å². The molecule has 1 aromatic carbocycles. The molecule has 2 N–H and O–H groups in total. The van der Waals surface area contributed by atoms with Crippen molar-refractivity contribution in [2.75, 3.05) is 5.88 Å².